The van der Waals surface area contributed by atoms with Crippen molar-refractivity contribution in [2.75, 3.05) is 12.5 Å². The van der Waals surface area contributed by atoms with Crippen LogP contribution in [0.2, 0.25) is 0 Å². The molecule has 1 aromatic carbocycles. The zero-order chi connectivity index (χ0) is 13.0. The number of aromatic amines is 2. The second-order valence-electron chi connectivity index (χ2n) is 3.27. The molecule has 0 aliphatic carbocycles. The van der Waals surface area contributed by atoms with E-state index >= 15 is 0 Å². The summed E-state index contributed by atoms with van der Waals surface area (Å²) in [5, 5.41) is 9.42. The second-order valence-corrected chi connectivity index (χ2v) is 4.57. The molecule has 0 atom stereocenters. The average Bonchev–Trinajstić information content (AvgIpc) is 2.75. The van der Waals surface area contributed by atoms with Crippen LogP contribution in [0.4, 0.5) is 5.95 Å². The number of halogens is 1. The third kappa shape index (κ3) is 3.17. The van der Waals surface area contributed by atoms with E-state index in [1.165, 1.54) is 0 Å². The first-order valence-electron chi connectivity index (χ1n) is 4.96. The number of anilines is 1. The van der Waals surface area contributed by atoms with Gasteiger partial charge in [-0.15, -0.1) is 0 Å². The number of benzene rings is 1. The Labute approximate surface area is 117 Å². The molecule has 0 amide bonds. The van der Waals surface area contributed by atoms with Gasteiger partial charge >= 0.3 is 0 Å². The van der Waals surface area contributed by atoms with Crippen molar-refractivity contribution in [1.82, 2.24) is 15.2 Å². The molecule has 0 aliphatic heterocycles. The highest BCUT2D eigenvalue weighted by Crippen LogP contribution is 2.21. The van der Waals surface area contributed by atoms with Gasteiger partial charge in [-0.2, -0.15) is 10.1 Å². The predicted molar refractivity (Wildman–Crippen MR) is 75.7 cm³/mol. The third-order valence-electron chi connectivity index (χ3n) is 2.07. The van der Waals surface area contributed by atoms with E-state index in [1.54, 1.807) is 13.3 Å². The van der Waals surface area contributed by atoms with Crippen molar-refractivity contribution in [3.05, 3.63) is 33.0 Å². The van der Waals surface area contributed by atoms with E-state index < -0.39 is 0 Å². The van der Waals surface area contributed by atoms with Crippen molar-refractivity contribution < 1.29 is 4.74 Å². The molecule has 0 saturated heterocycles. The Hall–Kier alpha value is -1.67. The van der Waals surface area contributed by atoms with Crippen molar-refractivity contribution in [2.45, 2.75) is 0 Å². The molecule has 6 nitrogen and oxygen atoms in total. The molecule has 1 heterocycles. The first-order valence-corrected chi connectivity index (χ1v) is 6.16. The highest BCUT2D eigenvalue weighted by atomic mass is 79.9. The van der Waals surface area contributed by atoms with Gasteiger partial charge in [-0.05, 0) is 30.4 Å². The SMILES string of the molecule is COc1ccc(Br)cc1/C=N\Nc1nc(=S)[nH][nH]1. The van der Waals surface area contributed by atoms with E-state index in [9.17, 15) is 0 Å². The molecule has 3 N–H and O–H groups in total. The fraction of sp³-hybridized carbons (Fsp3) is 0.100. The van der Waals surface area contributed by atoms with Crippen molar-refractivity contribution in [3.8, 4) is 5.75 Å². The number of nitrogens with zero attached hydrogens (tertiary/aromatic N) is 2. The van der Waals surface area contributed by atoms with Gasteiger partial charge in [-0.3, -0.25) is 10.2 Å². The standard InChI is InChI=1S/C10H10BrN5OS/c1-17-8-3-2-7(11)4-6(8)5-12-14-9-13-10(18)16-15-9/h2-5H,1H3,(H3,13,14,15,16,18)/b12-5-. The minimum Gasteiger partial charge on any atom is -0.496 e. The maximum absolute atomic E-state index is 5.22. The lowest BCUT2D eigenvalue weighted by Crippen LogP contribution is -1.95. The van der Waals surface area contributed by atoms with Crippen molar-refractivity contribution in [2.24, 2.45) is 5.10 Å². The quantitative estimate of drug-likeness (QED) is 0.458. The molecule has 94 valence electrons. The Morgan fingerprint density at radius 1 is 1.50 bits per heavy atom. The molecule has 0 spiro atoms. The molecule has 0 fully saturated rings. The molecule has 0 radical (unpaired) electrons. The molecule has 2 aromatic rings. The summed E-state index contributed by atoms with van der Waals surface area (Å²) in [7, 11) is 1.61. The molecular formula is C10H10BrN5OS. The van der Waals surface area contributed by atoms with Gasteiger partial charge in [0.2, 0.25) is 10.7 Å². The Morgan fingerprint density at radius 2 is 2.33 bits per heavy atom. The van der Waals surface area contributed by atoms with Crippen LogP contribution in [0, 0.1) is 4.77 Å². The number of hydrazone groups is 1. The third-order valence-corrected chi connectivity index (χ3v) is 2.75. The van der Waals surface area contributed by atoms with Crippen LogP contribution in [0.25, 0.3) is 0 Å². The Bertz CT molecular complexity index is 621. The summed E-state index contributed by atoms with van der Waals surface area (Å²) < 4.78 is 6.54. The van der Waals surface area contributed by atoms with Gasteiger partial charge in [0.25, 0.3) is 0 Å². The van der Waals surface area contributed by atoms with Crippen LogP contribution in [-0.4, -0.2) is 28.5 Å². The number of nitrogens with one attached hydrogen (secondary N) is 3. The van der Waals surface area contributed by atoms with E-state index in [0.717, 1.165) is 15.8 Å². The van der Waals surface area contributed by atoms with E-state index in [1.807, 2.05) is 18.2 Å². The largest absolute Gasteiger partial charge is 0.496 e. The zero-order valence-electron chi connectivity index (χ0n) is 9.40. The first-order chi connectivity index (χ1) is 8.69. The minimum absolute atomic E-state index is 0.368. The Balaban J connectivity index is 2.13. The van der Waals surface area contributed by atoms with Crippen LogP contribution in [0.15, 0.2) is 27.8 Å². The average molecular weight is 328 g/mol. The van der Waals surface area contributed by atoms with Gasteiger partial charge in [0, 0.05) is 10.0 Å². The first kappa shape index (κ1) is 12.8. The number of ether oxygens (including phenoxy) is 1. The summed E-state index contributed by atoms with van der Waals surface area (Å²) in [6.45, 7) is 0. The number of hydrogen-bond donors (Lipinski definition) is 3. The van der Waals surface area contributed by atoms with Crippen LogP contribution < -0.4 is 10.2 Å². The molecule has 1 aromatic heterocycles. The van der Waals surface area contributed by atoms with E-state index in [2.05, 4.69) is 41.6 Å². The van der Waals surface area contributed by atoms with Crippen LogP contribution in [-0.2, 0) is 0 Å². The van der Waals surface area contributed by atoms with Crippen LogP contribution in [0.3, 0.4) is 0 Å². The minimum atomic E-state index is 0.368. The topological polar surface area (TPSA) is 78.1 Å². The Kier molecular flexibility index (Phi) is 4.11. The summed E-state index contributed by atoms with van der Waals surface area (Å²) in [6, 6.07) is 5.65. The predicted octanol–water partition coefficient (Wildman–Crippen LogP) is 2.68. The lowest BCUT2D eigenvalue weighted by atomic mass is 10.2. The molecule has 0 aliphatic rings. The number of aromatic nitrogens is 3. The van der Waals surface area contributed by atoms with Gasteiger partial charge in [-0.1, -0.05) is 15.9 Å². The number of hydrogen-bond acceptors (Lipinski definition) is 5. The maximum atomic E-state index is 5.22. The summed E-state index contributed by atoms with van der Waals surface area (Å²) in [5.41, 5.74) is 3.56. The van der Waals surface area contributed by atoms with E-state index in [4.69, 9.17) is 17.0 Å². The lowest BCUT2D eigenvalue weighted by Gasteiger charge is -2.04. The Morgan fingerprint density at radius 3 is 3.00 bits per heavy atom. The van der Waals surface area contributed by atoms with Crippen molar-refractivity contribution in [3.63, 3.8) is 0 Å². The van der Waals surface area contributed by atoms with Crippen LogP contribution in [0.5, 0.6) is 5.75 Å². The van der Waals surface area contributed by atoms with Gasteiger partial charge in [0.1, 0.15) is 5.75 Å². The van der Waals surface area contributed by atoms with Crippen molar-refractivity contribution in [1.29, 1.82) is 0 Å². The summed E-state index contributed by atoms with van der Waals surface area (Å²) >= 11 is 8.21. The smallest absolute Gasteiger partial charge is 0.238 e. The van der Waals surface area contributed by atoms with E-state index in [-0.39, 0.29) is 0 Å². The highest BCUT2D eigenvalue weighted by molar-refractivity contribution is 9.10. The number of methoxy groups -OCH3 is 1. The lowest BCUT2D eigenvalue weighted by molar-refractivity contribution is 0.414. The molecule has 2 rings (SSSR count). The molecular weight excluding hydrogens is 318 g/mol. The van der Waals surface area contributed by atoms with Gasteiger partial charge < -0.3 is 4.74 Å². The van der Waals surface area contributed by atoms with E-state index in [0.29, 0.717) is 10.7 Å². The summed E-state index contributed by atoms with van der Waals surface area (Å²) in [5.74, 6) is 1.18. The fourth-order valence-electron chi connectivity index (χ4n) is 1.29. The summed E-state index contributed by atoms with van der Waals surface area (Å²) in [6.07, 6.45) is 1.63. The van der Waals surface area contributed by atoms with Crippen molar-refractivity contribution >= 4 is 40.3 Å². The molecule has 0 saturated carbocycles. The number of H-pyrrole nitrogens is 2. The van der Waals surface area contributed by atoms with Gasteiger partial charge in [-0.25, -0.2) is 5.43 Å². The zero-order valence-corrected chi connectivity index (χ0v) is 11.8. The molecule has 8 heteroatoms. The van der Waals surface area contributed by atoms with Gasteiger partial charge in [0.15, 0.2) is 0 Å². The van der Waals surface area contributed by atoms with Crippen LogP contribution in [0.1, 0.15) is 5.56 Å². The van der Waals surface area contributed by atoms with Gasteiger partial charge in [0.05, 0.1) is 13.3 Å². The monoisotopic (exact) mass is 327 g/mol. The molecule has 18 heavy (non-hydrogen) atoms. The highest BCUT2D eigenvalue weighted by Gasteiger charge is 2.00. The molecule has 0 bridgehead atoms. The maximum Gasteiger partial charge on any atom is 0.238 e. The molecule has 0 unspecified atom stereocenters. The summed E-state index contributed by atoms with van der Waals surface area (Å²) in [4.78, 5) is 3.94. The normalized spacial score (nSPS) is 10.8. The van der Waals surface area contributed by atoms with Crippen LogP contribution >= 0.6 is 28.1 Å². The fourth-order valence-corrected chi connectivity index (χ4v) is 1.81. The second kappa shape index (κ2) is 5.78. The number of rotatable bonds is 4.